The number of rotatable bonds is 9. The van der Waals surface area contributed by atoms with Gasteiger partial charge >= 0.3 is 0 Å². The van der Waals surface area contributed by atoms with Crippen molar-refractivity contribution in [2.75, 3.05) is 27.2 Å². The summed E-state index contributed by atoms with van der Waals surface area (Å²) in [6, 6.07) is 3.37. The molecule has 0 radical (unpaired) electrons. The number of benzene rings is 1. The average molecular weight is 454 g/mol. The van der Waals surface area contributed by atoms with E-state index in [0.29, 0.717) is 5.96 Å². The third kappa shape index (κ3) is 7.74. The molecule has 0 spiro atoms. The van der Waals surface area contributed by atoms with Crippen molar-refractivity contribution in [3.63, 3.8) is 0 Å². The fourth-order valence-electron chi connectivity index (χ4n) is 2.35. The van der Waals surface area contributed by atoms with Gasteiger partial charge in [-0.1, -0.05) is 32.3 Å². The van der Waals surface area contributed by atoms with Gasteiger partial charge in [0, 0.05) is 12.1 Å². The molecule has 0 saturated heterocycles. The Morgan fingerprint density at radius 2 is 1.83 bits per heavy atom. The predicted molar refractivity (Wildman–Crippen MR) is 107 cm³/mol. The first-order chi connectivity index (χ1) is 11.0. The van der Waals surface area contributed by atoms with Crippen LogP contribution in [0.1, 0.15) is 44.2 Å². The number of nitrogens with two attached hydrogens (primary N) is 1. The van der Waals surface area contributed by atoms with Crippen LogP contribution >= 0.6 is 24.0 Å². The predicted octanol–water partition coefficient (Wildman–Crippen LogP) is 3.67. The largest absolute Gasteiger partial charge is 0.370 e. The van der Waals surface area contributed by atoms with Crippen LogP contribution in [0.15, 0.2) is 23.2 Å². The molecule has 0 aliphatic heterocycles. The summed E-state index contributed by atoms with van der Waals surface area (Å²) in [7, 11) is 3.53. The summed E-state index contributed by atoms with van der Waals surface area (Å²) in [5, 5.41) is 3.04. The minimum Gasteiger partial charge on any atom is -0.370 e. The number of hydrogen-bond donors (Lipinski definition) is 2. The Balaban J connectivity index is 0.00000529. The van der Waals surface area contributed by atoms with E-state index in [2.05, 4.69) is 17.2 Å². The van der Waals surface area contributed by atoms with Gasteiger partial charge in [-0.05, 0) is 32.6 Å². The molecule has 0 fully saturated rings. The summed E-state index contributed by atoms with van der Waals surface area (Å²) in [6.45, 7) is 3.11. The molecular formula is C17H29F2IN4. The fraction of sp³-hybridized carbons (Fsp3) is 0.588. The van der Waals surface area contributed by atoms with Crippen molar-refractivity contribution < 1.29 is 8.78 Å². The van der Waals surface area contributed by atoms with E-state index < -0.39 is 17.7 Å². The van der Waals surface area contributed by atoms with Crippen molar-refractivity contribution in [3.8, 4) is 0 Å². The summed E-state index contributed by atoms with van der Waals surface area (Å²) < 4.78 is 27.9. The lowest BCUT2D eigenvalue weighted by Crippen LogP contribution is -2.34. The zero-order valence-corrected chi connectivity index (χ0v) is 17.0. The van der Waals surface area contributed by atoms with Crippen molar-refractivity contribution in [2.24, 2.45) is 10.7 Å². The second kappa shape index (κ2) is 12.4. The van der Waals surface area contributed by atoms with E-state index in [0.717, 1.165) is 19.4 Å². The lowest BCUT2D eigenvalue weighted by Gasteiger charge is -2.24. The van der Waals surface area contributed by atoms with Gasteiger partial charge in [0.05, 0.1) is 12.6 Å². The molecule has 7 heteroatoms. The van der Waals surface area contributed by atoms with Crippen molar-refractivity contribution in [1.82, 2.24) is 10.2 Å². The summed E-state index contributed by atoms with van der Waals surface area (Å²) >= 11 is 0. The number of aliphatic imine (C=N–C) groups is 1. The molecule has 0 aromatic heterocycles. The maximum atomic E-state index is 13.9. The van der Waals surface area contributed by atoms with Crippen LogP contribution in [0.4, 0.5) is 8.78 Å². The van der Waals surface area contributed by atoms with E-state index in [1.165, 1.54) is 31.0 Å². The minimum absolute atomic E-state index is 0. The van der Waals surface area contributed by atoms with Gasteiger partial charge in [0.15, 0.2) is 5.96 Å². The van der Waals surface area contributed by atoms with Crippen LogP contribution < -0.4 is 11.1 Å². The number of nitrogens with zero attached hydrogens (tertiary/aromatic N) is 2. The molecule has 0 heterocycles. The molecule has 4 nitrogen and oxygen atoms in total. The van der Waals surface area contributed by atoms with Crippen LogP contribution in [0.2, 0.25) is 0 Å². The fourth-order valence-corrected chi connectivity index (χ4v) is 2.35. The van der Waals surface area contributed by atoms with Crippen LogP contribution in [0.3, 0.4) is 0 Å². The molecule has 3 N–H and O–H groups in total. The monoisotopic (exact) mass is 454 g/mol. The quantitative estimate of drug-likeness (QED) is 0.259. The highest BCUT2D eigenvalue weighted by Crippen LogP contribution is 2.24. The number of halogens is 3. The van der Waals surface area contributed by atoms with Gasteiger partial charge in [-0.15, -0.1) is 24.0 Å². The molecule has 0 aliphatic rings. The van der Waals surface area contributed by atoms with Crippen molar-refractivity contribution in [3.05, 3.63) is 35.4 Å². The molecule has 0 amide bonds. The number of likely N-dealkylation sites (N-methyl/N-ethyl adjacent to an activating group) is 1. The first-order valence-electron chi connectivity index (χ1n) is 8.11. The zero-order chi connectivity index (χ0) is 17.2. The number of hydrogen-bond acceptors (Lipinski definition) is 2. The normalized spacial score (nSPS) is 12.8. The van der Waals surface area contributed by atoms with E-state index in [1.54, 1.807) is 19.0 Å². The molecule has 1 unspecified atom stereocenters. The second-order valence-electron chi connectivity index (χ2n) is 5.83. The Kier molecular flexibility index (Phi) is 11.9. The van der Waals surface area contributed by atoms with Gasteiger partial charge in [-0.3, -0.25) is 4.99 Å². The molecule has 0 aliphatic carbocycles. The van der Waals surface area contributed by atoms with Gasteiger partial charge in [0.1, 0.15) is 11.6 Å². The average Bonchev–Trinajstić information content (AvgIpc) is 2.49. The van der Waals surface area contributed by atoms with Gasteiger partial charge in [-0.2, -0.15) is 0 Å². The maximum absolute atomic E-state index is 13.9. The molecule has 24 heavy (non-hydrogen) atoms. The topological polar surface area (TPSA) is 53.6 Å². The lowest BCUT2D eigenvalue weighted by atomic mass is 10.0. The molecule has 0 saturated carbocycles. The number of guanidine groups is 1. The zero-order valence-electron chi connectivity index (χ0n) is 14.7. The van der Waals surface area contributed by atoms with Crippen molar-refractivity contribution >= 4 is 29.9 Å². The Labute approximate surface area is 160 Å². The minimum atomic E-state index is -0.565. The van der Waals surface area contributed by atoms with Gasteiger partial charge < -0.3 is 16.0 Å². The number of nitrogens with one attached hydrogen (secondary N) is 1. The van der Waals surface area contributed by atoms with E-state index in [4.69, 9.17) is 5.73 Å². The lowest BCUT2D eigenvalue weighted by molar-refractivity contribution is 0.290. The smallest absolute Gasteiger partial charge is 0.188 e. The summed E-state index contributed by atoms with van der Waals surface area (Å²) in [5.74, 6) is -0.819. The van der Waals surface area contributed by atoms with Crippen molar-refractivity contribution in [2.45, 2.75) is 38.6 Å². The van der Waals surface area contributed by atoms with Crippen LogP contribution in [-0.4, -0.2) is 38.0 Å². The Morgan fingerprint density at radius 3 is 2.38 bits per heavy atom. The van der Waals surface area contributed by atoms with Crippen LogP contribution in [0, 0.1) is 11.6 Å². The highest BCUT2D eigenvalue weighted by Gasteiger charge is 2.21. The van der Waals surface area contributed by atoms with Gasteiger partial charge in [-0.25, -0.2) is 8.78 Å². The van der Waals surface area contributed by atoms with E-state index in [9.17, 15) is 8.78 Å². The molecule has 0 bridgehead atoms. The standard InChI is InChI=1S/C17H28F2N4.HI/c1-4-5-6-7-11-21-17(20)22-12-15(23(2)3)16-13(18)9-8-10-14(16)19;/h8-10,15H,4-7,11-12H2,1-3H3,(H3,20,21,22);1H. The second-order valence-corrected chi connectivity index (χ2v) is 5.83. The number of unbranched alkanes of at least 4 members (excludes halogenated alkanes) is 3. The van der Waals surface area contributed by atoms with Crippen LogP contribution in [0.5, 0.6) is 0 Å². The molecule has 1 aromatic rings. The van der Waals surface area contributed by atoms with Gasteiger partial charge in [0.25, 0.3) is 0 Å². The van der Waals surface area contributed by atoms with Gasteiger partial charge in [0.2, 0.25) is 0 Å². The summed E-state index contributed by atoms with van der Waals surface area (Å²) in [4.78, 5) is 5.97. The highest BCUT2D eigenvalue weighted by molar-refractivity contribution is 14.0. The SMILES string of the molecule is CCCCCCNC(N)=NCC(c1c(F)cccc1F)N(C)C.I. The third-order valence-electron chi connectivity index (χ3n) is 3.73. The highest BCUT2D eigenvalue weighted by atomic mass is 127. The molecule has 138 valence electrons. The maximum Gasteiger partial charge on any atom is 0.188 e. The Hall–Kier alpha value is -0.960. The Bertz CT molecular complexity index is 489. The summed E-state index contributed by atoms with van der Waals surface area (Å²) in [5.41, 5.74) is 5.85. The van der Waals surface area contributed by atoms with E-state index >= 15 is 0 Å². The third-order valence-corrected chi connectivity index (χ3v) is 3.73. The van der Waals surface area contributed by atoms with Crippen LogP contribution in [0.25, 0.3) is 0 Å². The van der Waals surface area contributed by atoms with Crippen molar-refractivity contribution in [1.29, 1.82) is 0 Å². The molecule has 1 rings (SSSR count). The molecule has 1 atom stereocenters. The van der Waals surface area contributed by atoms with E-state index in [1.807, 2.05) is 0 Å². The van der Waals surface area contributed by atoms with E-state index in [-0.39, 0.29) is 36.1 Å². The molecule has 1 aromatic carbocycles. The van der Waals surface area contributed by atoms with Crippen LogP contribution in [-0.2, 0) is 0 Å². The first-order valence-corrected chi connectivity index (χ1v) is 8.11. The summed E-state index contributed by atoms with van der Waals surface area (Å²) in [6.07, 6.45) is 4.57. The Morgan fingerprint density at radius 1 is 1.21 bits per heavy atom. The first kappa shape index (κ1) is 23.0. The molecular weight excluding hydrogens is 425 g/mol.